The van der Waals surface area contributed by atoms with Crippen molar-refractivity contribution in [3.63, 3.8) is 0 Å². The van der Waals surface area contributed by atoms with E-state index in [2.05, 4.69) is 4.90 Å². The Morgan fingerprint density at radius 1 is 1.46 bits per heavy atom. The summed E-state index contributed by atoms with van der Waals surface area (Å²) >= 11 is 0. The summed E-state index contributed by atoms with van der Waals surface area (Å²) < 4.78 is 5.49. The first-order valence-corrected chi connectivity index (χ1v) is 5.32. The van der Waals surface area contributed by atoms with Crippen molar-refractivity contribution < 1.29 is 4.74 Å². The van der Waals surface area contributed by atoms with Crippen molar-refractivity contribution in [2.24, 2.45) is 11.7 Å². The molecule has 0 radical (unpaired) electrons. The maximum atomic E-state index is 5.65. The summed E-state index contributed by atoms with van der Waals surface area (Å²) in [5.74, 6) is 0.837. The molecule has 3 heteroatoms. The maximum Gasteiger partial charge on any atom is 0.0726 e. The first-order valence-electron chi connectivity index (χ1n) is 5.32. The quantitative estimate of drug-likeness (QED) is 0.674. The molecule has 0 bridgehead atoms. The molecule has 0 amide bonds. The number of hydrogen-bond acceptors (Lipinski definition) is 3. The van der Waals surface area contributed by atoms with Crippen LogP contribution < -0.4 is 5.73 Å². The molecule has 76 valence electrons. The molecule has 2 rings (SSSR count). The van der Waals surface area contributed by atoms with E-state index in [0.29, 0.717) is 12.1 Å². The van der Waals surface area contributed by atoms with E-state index in [-0.39, 0.29) is 0 Å². The number of methoxy groups -OCH3 is 1. The van der Waals surface area contributed by atoms with Gasteiger partial charge in [-0.15, -0.1) is 0 Å². The average Bonchev–Trinajstić information content (AvgIpc) is 2.88. The van der Waals surface area contributed by atoms with E-state index < -0.39 is 0 Å². The van der Waals surface area contributed by atoms with Gasteiger partial charge in [0.15, 0.2) is 0 Å². The van der Waals surface area contributed by atoms with Crippen LogP contribution >= 0.6 is 0 Å². The Bertz CT molecular complexity index is 168. The summed E-state index contributed by atoms with van der Waals surface area (Å²) in [5, 5.41) is 0. The van der Waals surface area contributed by atoms with Gasteiger partial charge in [-0.25, -0.2) is 0 Å². The summed E-state index contributed by atoms with van der Waals surface area (Å²) in [4.78, 5) is 2.46. The zero-order valence-corrected chi connectivity index (χ0v) is 8.41. The van der Waals surface area contributed by atoms with Crippen LogP contribution in [0.5, 0.6) is 0 Å². The number of nitrogens with zero attached hydrogens (tertiary/aromatic N) is 1. The molecule has 2 N–H and O–H groups in total. The average molecular weight is 184 g/mol. The molecule has 0 aromatic heterocycles. The van der Waals surface area contributed by atoms with E-state index >= 15 is 0 Å². The highest BCUT2D eigenvalue weighted by atomic mass is 16.5. The largest absolute Gasteiger partial charge is 0.380 e. The zero-order chi connectivity index (χ0) is 9.26. The normalized spacial score (nSPS) is 31.4. The fourth-order valence-corrected chi connectivity index (χ4v) is 2.12. The summed E-state index contributed by atoms with van der Waals surface area (Å²) in [6.45, 7) is 3.12. The smallest absolute Gasteiger partial charge is 0.0726 e. The van der Waals surface area contributed by atoms with Crippen LogP contribution in [0, 0.1) is 5.92 Å². The van der Waals surface area contributed by atoms with E-state index in [9.17, 15) is 0 Å². The van der Waals surface area contributed by atoms with Gasteiger partial charge < -0.3 is 10.5 Å². The second-order valence-corrected chi connectivity index (χ2v) is 4.28. The van der Waals surface area contributed by atoms with Crippen LogP contribution in [0.1, 0.15) is 19.3 Å². The van der Waals surface area contributed by atoms with Gasteiger partial charge in [0.1, 0.15) is 0 Å². The van der Waals surface area contributed by atoms with Crippen molar-refractivity contribution in [2.45, 2.75) is 31.4 Å². The Balaban J connectivity index is 1.75. The Hall–Kier alpha value is -0.120. The summed E-state index contributed by atoms with van der Waals surface area (Å²) in [6.07, 6.45) is 4.46. The molecule has 0 aromatic carbocycles. The molecule has 1 aliphatic carbocycles. The lowest BCUT2D eigenvalue weighted by Gasteiger charge is -2.42. The van der Waals surface area contributed by atoms with Gasteiger partial charge >= 0.3 is 0 Å². The van der Waals surface area contributed by atoms with Crippen molar-refractivity contribution in [3.05, 3.63) is 0 Å². The lowest BCUT2D eigenvalue weighted by molar-refractivity contribution is 0.00258. The van der Waals surface area contributed by atoms with Gasteiger partial charge in [-0.3, -0.25) is 4.90 Å². The molecule has 13 heavy (non-hydrogen) atoms. The molecular formula is C10H20N2O. The van der Waals surface area contributed by atoms with Gasteiger partial charge in [-0.1, -0.05) is 0 Å². The monoisotopic (exact) mass is 184 g/mol. The van der Waals surface area contributed by atoms with Crippen LogP contribution in [0.15, 0.2) is 0 Å². The minimum atomic E-state index is 0.467. The minimum absolute atomic E-state index is 0.467. The van der Waals surface area contributed by atoms with Gasteiger partial charge in [0.25, 0.3) is 0 Å². The maximum absolute atomic E-state index is 5.65. The van der Waals surface area contributed by atoms with E-state index in [1.807, 2.05) is 7.11 Å². The molecule has 1 saturated heterocycles. The van der Waals surface area contributed by atoms with Gasteiger partial charge in [-0.05, 0) is 25.2 Å². The van der Waals surface area contributed by atoms with Gasteiger partial charge in [0.2, 0.25) is 0 Å². The SMILES string of the molecule is COC(CN1CCC1CN)C1CC1. The Morgan fingerprint density at radius 3 is 2.62 bits per heavy atom. The lowest BCUT2D eigenvalue weighted by atomic mass is 10.0. The fraction of sp³-hybridized carbons (Fsp3) is 1.00. The Morgan fingerprint density at radius 2 is 2.23 bits per heavy atom. The number of likely N-dealkylation sites (tertiary alicyclic amines) is 1. The van der Waals surface area contributed by atoms with Crippen molar-refractivity contribution in [2.75, 3.05) is 26.7 Å². The van der Waals surface area contributed by atoms with Crippen LogP contribution in [0.25, 0.3) is 0 Å². The molecule has 2 atom stereocenters. The molecule has 0 aromatic rings. The number of hydrogen-bond donors (Lipinski definition) is 1. The summed E-state index contributed by atoms with van der Waals surface area (Å²) in [7, 11) is 1.83. The highest BCUT2D eigenvalue weighted by molar-refractivity contribution is 4.90. The standard InChI is InChI=1S/C10H20N2O/c1-13-10(8-2-3-8)7-12-5-4-9(12)6-11/h8-10H,2-7,11H2,1H3. The molecular weight excluding hydrogens is 164 g/mol. The highest BCUT2D eigenvalue weighted by Gasteiger charge is 2.36. The topological polar surface area (TPSA) is 38.5 Å². The number of ether oxygens (including phenoxy) is 1. The number of rotatable bonds is 5. The zero-order valence-electron chi connectivity index (χ0n) is 8.41. The van der Waals surface area contributed by atoms with Crippen LogP contribution in [0.4, 0.5) is 0 Å². The molecule has 2 aliphatic rings. The van der Waals surface area contributed by atoms with Crippen LogP contribution in [-0.2, 0) is 4.74 Å². The first kappa shape index (κ1) is 9.44. The van der Waals surface area contributed by atoms with Crippen LogP contribution in [-0.4, -0.2) is 43.8 Å². The van der Waals surface area contributed by atoms with Crippen molar-refractivity contribution >= 4 is 0 Å². The van der Waals surface area contributed by atoms with Crippen molar-refractivity contribution in [3.8, 4) is 0 Å². The molecule has 2 unspecified atom stereocenters. The third kappa shape index (κ3) is 2.03. The number of nitrogens with two attached hydrogens (primary N) is 1. The molecule has 3 nitrogen and oxygen atoms in total. The fourth-order valence-electron chi connectivity index (χ4n) is 2.12. The molecule has 1 heterocycles. The first-order chi connectivity index (χ1) is 6.35. The Labute approximate surface area is 80.2 Å². The third-order valence-corrected chi connectivity index (χ3v) is 3.40. The molecule has 1 saturated carbocycles. The highest BCUT2D eigenvalue weighted by Crippen LogP contribution is 2.35. The van der Waals surface area contributed by atoms with E-state index in [0.717, 1.165) is 19.0 Å². The van der Waals surface area contributed by atoms with Crippen LogP contribution in [0.3, 0.4) is 0 Å². The Kier molecular flexibility index (Phi) is 2.86. The molecule has 2 fully saturated rings. The molecule has 1 aliphatic heterocycles. The van der Waals surface area contributed by atoms with Gasteiger partial charge in [0, 0.05) is 32.8 Å². The summed E-state index contributed by atoms with van der Waals surface area (Å²) in [5.41, 5.74) is 5.65. The van der Waals surface area contributed by atoms with Crippen molar-refractivity contribution in [1.29, 1.82) is 0 Å². The predicted molar refractivity (Wildman–Crippen MR) is 52.6 cm³/mol. The lowest BCUT2D eigenvalue weighted by Crippen LogP contribution is -2.54. The second kappa shape index (κ2) is 3.95. The van der Waals surface area contributed by atoms with Crippen molar-refractivity contribution in [1.82, 2.24) is 4.90 Å². The second-order valence-electron chi connectivity index (χ2n) is 4.28. The van der Waals surface area contributed by atoms with E-state index in [4.69, 9.17) is 10.5 Å². The van der Waals surface area contributed by atoms with E-state index in [1.54, 1.807) is 0 Å². The summed E-state index contributed by atoms with van der Waals surface area (Å²) in [6, 6.07) is 0.636. The minimum Gasteiger partial charge on any atom is -0.380 e. The van der Waals surface area contributed by atoms with Gasteiger partial charge in [-0.2, -0.15) is 0 Å². The van der Waals surface area contributed by atoms with Crippen LogP contribution in [0.2, 0.25) is 0 Å². The predicted octanol–water partition coefficient (Wildman–Crippen LogP) is 0.444. The van der Waals surface area contributed by atoms with E-state index in [1.165, 1.54) is 25.8 Å². The molecule has 0 spiro atoms. The third-order valence-electron chi connectivity index (χ3n) is 3.40. The van der Waals surface area contributed by atoms with Gasteiger partial charge in [0.05, 0.1) is 6.10 Å².